The molecule has 1 aliphatic heterocycles. The number of ether oxygens (including phenoxy) is 1. The summed E-state index contributed by atoms with van der Waals surface area (Å²) < 4.78 is 35.5. The van der Waals surface area contributed by atoms with Crippen LogP contribution in [-0.2, 0) is 10.0 Å². The number of benzene rings is 1. The molecule has 3 rings (SSSR count). The molecule has 1 aliphatic rings. The number of sulfonamides is 1. The van der Waals surface area contributed by atoms with Crippen LogP contribution in [-0.4, -0.2) is 72.4 Å². The number of fused-ring (bicyclic) bond motifs is 1. The molecule has 2 N–H and O–H groups in total. The highest BCUT2D eigenvalue weighted by Gasteiger charge is 2.30. The number of nitrogens with zero attached hydrogens (tertiary/aromatic N) is 6. The molecule has 2 heterocycles. The highest BCUT2D eigenvalue weighted by Crippen LogP contribution is 2.33. The number of hydrogen-bond donors (Lipinski definition) is 2. The third-order valence-corrected chi connectivity index (χ3v) is 8.77. The van der Waals surface area contributed by atoms with Gasteiger partial charge in [0.25, 0.3) is 0 Å². The van der Waals surface area contributed by atoms with E-state index in [-0.39, 0.29) is 12.4 Å². The Hall–Kier alpha value is -2.83. The van der Waals surface area contributed by atoms with Gasteiger partial charge >= 0.3 is 0 Å². The van der Waals surface area contributed by atoms with Gasteiger partial charge in [-0.2, -0.15) is 9.78 Å². The summed E-state index contributed by atoms with van der Waals surface area (Å²) in [6.45, 7) is 9.30. The molecule has 0 spiro atoms. The molecular formula is C29H47N7O4S. The molecule has 0 fully saturated rings. The lowest BCUT2D eigenvalue weighted by Crippen LogP contribution is -2.30. The predicted octanol–water partition coefficient (Wildman–Crippen LogP) is 4.97. The van der Waals surface area contributed by atoms with Crippen molar-refractivity contribution >= 4 is 32.8 Å². The van der Waals surface area contributed by atoms with Gasteiger partial charge in [-0.1, -0.05) is 58.8 Å². The third-order valence-electron chi connectivity index (χ3n) is 7.23. The van der Waals surface area contributed by atoms with E-state index in [1.165, 1.54) is 25.7 Å². The van der Waals surface area contributed by atoms with Crippen molar-refractivity contribution in [2.24, 2.45) is 10.1 Å². The maximum Gasteiger partial charge on any atom is 0.212 e. The molecule has 0 radical (unpaired) electrons. The summed E-state index contributed by atoms with van der Waals surface area (Å²) in [5.74, 6) is 1.56. The van der Waals surface area contributed by atoms with E-state index in [4.69, 9.17) is 9.73 Å². The van der Waals surface area contributed by atoms with Crippen LogP contribution in [0.5, 0.6) is 5.75 Å². The fourth-order valence-electron chi connectivity index (χ4n) is 4.93. The first-order valence-electron chi connectivity index (χ1n) is 14.9. The Balaban J connectivity index is 1.72. The molecule has 1 aromatic carbocycles. The van der Waals surface area contributed by atoms with Gasteiger partial charge in [0.2, 0.25) is 15.8 Å². The maximum absolute atomic E-state index is 12.8. The quantitative estimate of drug-likeness (QED) is 0.221. The minimum atomic E-state index is -3.48. The van der Waals surface area contributed by atoms with Crippen molar-refractivity contribution in [3.63, 3.8) is 0 Å². The fourth-order valence-corrected chi connectivity index (χ4v) is 6.28. The highest BCUT2D eigenvalue weighted by molar-refractivity contribution is 7.89. The molecule has 1 unspecified atom stereocenters. The van der Waals surface area contributed by atoms with E-state index in [1.807, 2.05) is 36.9 Å². The Morgan fingerprint density at radius 2 is 1.78 bits per heavy atom. The van der Waals surface area contributed by atoms with Crippen LogP contribution in [0.3, 0.4) is 0 Å². The van der Waals surface area contributed by atoms with E-state index < -0.39 is 16.1 Å². The number of nitrogens with one attached hydrogen (secondary N) is 1. The molecule has 12 heteroatoms. The van der Waals surface area contributed by atoms with Gasteiger partial charge in [0.05, 0.1) is 31.2 Å². The normalized spacial score (nSPS) is 14.8. The summed E-state index contributed by atoms with van der Waals surface area (Å²) in [7, 11) is -1.89. The summed E-state index contributed by atoms with van der Waals surface area (Å²) in [6.07, 6.45) is 9.36. The van der Waals surface area contributed by atoms with Crippen LogP contribution >= 0.6 is 0 Å². The Labute approximate surface area is 245 Å². The number of aliphatic hydroxyl groups is 1. The van der Waals surface area contributed by atoms with Crippen molar-refractivity contribution in [1.82, 2.24) is 19.6 Å². The SMILES string of the molecule is CCCCCCCCCCS(=O)(=O)NC(C)c1nnc2n1N=C(CC)C2=Nc1ccc(N(CC)CCO)cc1OC. The lowest BCUT2D eigenvalue weighted by atomic mass is 10.1. The van der Waals surface area contributed by atoms with Gasteiger partial charge in [-0.3, -0.25) is 0 Å². The molecule has 2 aromatic rings. The molecule has 1 atom stereocenters. The molecule has 0 saturated heterocycles. The molecule has 0 amide bonds. The number of anilines is 1. The van der Waals surface area contributed by atoms with E-state index in [0.717, 1.165) is 37.2 Å². The van der Waals surface area contributed by atoms with Gasteiger partial charge in [0.1, 0.15) is 17.1 Å². The van der Waals surface area contributed by atoms with Crippen molar-refractivity contribution in [1.29, 1.82) is 0 Å². The summed E-state index contributed by atoms with van der Waals surface area (Å²) in [6, 6.07) is 5.11. The van der Waals surface area contributed by atoms with E-state index in [2.05, 4.69) is 26.9 Å². The average molecular weight is 590 g/mol. The predicted molar refractivity (Wildman–Crippen MR) is 165 cm³/mol. The zero-order chi connectivity index (χ0) is 29.8. The minimum Gasteiger partial charge on any atom is -0.494 e. The van der Waals surface area contributed by atoms with E-state index in [1.54, 1.807) is 18.7 Å². The van der Waals surface area contributed by atoms with Crippen LogP contribution < -0.4 is 14.4 Å². The number of unbranched alkanes of at least 4 members (excludes halogenated alkanes) is 7. The topological polar surface area (TPSA) is 134 Å². The van der Waals surface area contributed by atoms with Gasteiger partial charge in [0, 0.05) is 24.8 Å². The molecule has 11 nitrogen and oxygen atoms in total. The van der Waals surface area contributed by atoms with Crippen molar-refractivity contribution in [3.8, 4) is 5.75 Å². The van der Waals surface area contributed by atoms with Crippen LogP contribution in [0.2, 0.25) is 0 Å². The second-order valence-corrected chi connectivity index (χ2v) is 12.2. The van der Waals surface area contributed by atoms with E-state index in [9.17, 15) is 13.5 Å². The zero-order valence-electron chi connectivity index (χ0n) is 25.3. The van der Waals surface area contributed by atoms with Crippen LogP contribution in [0.25, 0.3) is 0 Å². The number of methoxy groups -OCH3 is 1. The van der Waals surface area contributed by atoms with Crippen LogP contribution in [0.15, 0.2) is 28.3 Å². The average Bonchev–Trinajstić information content (AvgIpc) is 3.52. The second-order valence-electron chi connectivity index (χ2n) is 10.3. The minimum absolute atomic E-state index is 0.0578. The standard InChI is InChI=1S/C29H47N7O4S/c1-6-9-10-11-12-13-14-15-20-41(38,39)34-22(4)28-31-32-29-27(24(7-2)33-36(28)29)30-25-17-16-23(21-26(25)40-5)35(8-3)18-19-37/h16-17,21-22,34,37H,6-15,18-20H2,1-5H3. The Morgan fingerprint density at radius 1 is 1.07 bits per heavy atom. The van der Waals surface area contributed by atoms with Gasteiger partial charge < -0.3 is 14.7 Å². The first-order valence-corrected chi connectivity index (χ1v) is 16.6. The Kier molecular flexibility index (Phi) is 12.7. The number of aliphatic imine (C=N–C) groups is 1. The second kappa shape index (κ2) is 16.0. The number of hydrogen-bond acceptors (Lipinski definition) is 9. The van der Waals surface area contributed by atoms with Gasteiger partial charge in [0.15, 0.2) is 5.82 Å². The molecular weight excluding hydrogens is 542 g/mol. The van der Waals surface area contributed by atoms with E-state index in [0.29, 0.717) is 48.2 Å². The first kappa shape index (κ1) is 32.7. The highest BCUT2D eigenvalue weighted by atomic mass is 32.2. The number of rotatable bonds is 19. The van der Waals surface area contributed by atoms with Crippen molar-refractivity contribution in [3.05, 3.63) is 29.8 Å². The van der Waals surface area contributed by atoms with Crippen molar-refractivity contribution in [2.75, 3.05) is 37.5 Å². The van der Waals surface area contributed by atoms with Gasteiger partial charge in [-0.15, -0.1) is 10.2 Å². The molecule has 0 saturated carbocycles. The summed E-state index contributed by atoms with van der Waals surface area (Å²) in [4.78, 5) is 6.90. The smallest absolute Gasteiger partial charge is 0.212 e. The largest absolute Gasteiger partial charge is 0.494 e. The Bertz CT molecular complexity index is 1290. The van der Waals surface area contributed by atoms with Crippen LogP contribution in [0.1, 0.15) is 103 Å². The number of aliphatic hydroxyl groups excluding tert-OH is 1. The zero-order valence-corrected chi connectivity index (χ0v) is 26.1. The molecule has 41 heavy (non-hydrogen) atoms. The third kappa shape index (κ3) is 8.83. The summed E-state index contributed by atoms with van der Waals surface area (Å²) in [5, 5.41) is 22.7. The monoisotopic (exact) mass is 589 g/mol. The lowest BCUT2D eigenvalue weighted by molar-refractivity contribution is 0.302. The van der Waals surface area contributed by atoms with Crippen molar-refractivity contribution in [2.45, 2.75) is 91.5 Å². The number of aromatic nitrogens is 3. The fraction of sp³-hybridized carbons (Fsp3) is 0.655. The molecule has 1 aromatic heterocycles. The number of likely N-dealkylation sites (N-methyl/N-ethyl adjacent to an activating group) is 1. The molecule has 0 bridgehead atoms. The first-order chi connectivity index (χ1) is 19.8. The van der Waals surface area contributed by atoms with Crippen molar-refractivity contribution < 1.29 is 18.3 Å². The summed E-state index contributed by atoms with van der Waals surface area (Å²) >= 11 is 0. The van der Waals surface area contributed by atoms with Crippen LogP contribution in [0, 0.1) is 0 Å². The van der Waals surface area contributed by atoms with Gasteiger partial charge in [-0.05, 0) is 38.8 Å². The molecule has 228 valence electrons. The molecule has 0 aliphatic carbocycles. The maximum atomic E-state index is 12.8. The lowest BCUT2D eigenvalue weighted by Gasteiger charge is -2.22. The summed E-state index contributed by atoms with van der Waals surface area (Å²) in [5.41, 5.74) is 2.85. The van der Waals surface area contributed by atoms with E-state index >= 15 is 0 Å². The Morgan fingerprint density at radius 3 is 2.41 bits per heavy atom. The van der Waals surface area contributed by atoms with Crippen LogP contribution in [0.4, 0.5) is 11.4 Å². The van der Waals surface area contributed by atoms with Gasteiger partial charge in [-0.25, -0.2) is 18.1 Å².